The van der Waals surface area contributed by atoms with Gasteiger partial charge in [-0.25, -0.2) is 0 Å². The number of halogens is 2. The lowest BCUT2D eigenvalue weighted by atomic mass is 9.97. The van der Waals surface area contributed by atoms with Gasteiger partial charge in [0.1, 0.15) is 0 Å². The van der Waals surface area contributed by atoms with Crippen LogP contribution in [0.1, 0.15) is 26.7 Å². The fourth-order valence-electron chi connectivity index (χ4n) is 1.30. The van der Waals surface area contributed by atoms with Crippen LogP contribution in [0.25, 0.3) is 0 Å². The predicted octanol–water partition coefficient (Wildman–Crippen LogP) is 4.42. The van der Waals surface area contributed by atoms with Crippen LogP contribution in [0.5, 0.6) is 0 Å². The van der Waals surface area contributed by atoms with Crippen LogP contribution in [0.15, 0.2) is 22.6 Å². The number of hydrogen-bond donors (Lipinski definition) is 1. The normalized spacial score (nSPS) is 11.6. The summed E-state index contributed by atoms with van der Waals surface area (Å²) in [4.78, 5) is 0. The molecule has 0 radical (unpaired) electrons. The summed E-state index contributed by atoms with van der Waals surface area (Å²) in [6.07, 6.45) is 0. The Morgan fingerprint density at radius 1 is 1.11 bits per heavy atom. The summed E-state index contributed by atoms with van der Waals surface area (Å²) < 4.78 is 5.51. The van der Waals surface area contributed by atoms with Gasteiger partial charge in [0.2, 0.25) is 5.89 Å². The van der Waals surface area contributed by atoms with Gasteiger partial charge in [0.05, 0.1) is 15.7 Å². The van der Waals surface area contributed by atoms with Crippen LogP contribution in [0.3, 0.4) is 0 Å². The lowest BCUT2D eigenvalue weighted by molar-refractivity contribution is 0.400. The topological polar surface area (TPSA) is 51.0 Å². The molecule has 0 saturated carbocycles. The Balaban J connectivity index is 2.27. The second kappa shape index (κ2) is 4.78. The van der Waals surface area contributed by atoms with E-state index in [4.69, 9.17) is 27.6 Å². The van der Waals surface area contributed by atoms with E-state index in [2.05, 4.69) is 15.5 Å². The van der Waals surface area contributed by atoms with Crippen LogP contribution < -0.4 is 5.32 Å². The molecule has 0 bridgehead atoms. The van der Waals surface area contributed by atoms with Crippen molar-refractivity contribution in [3.63, 3.8) is 0 Å². The summed E-state index contributed by atoms with van der Waals surface area (Å²) in [7, 11) is 0. The average molecular weight is 286 g/mol. The van der Waals surface area contributed by atoms with Gasteiger partial charge in [0, 0.05) is 5.41 Å². The lowest BCUT2D eigenvalue weighted by Gasteiger charge is -2.11. The highest BCUT2D eigenvalue weighted by Crippen LogP contribution is 2.32. The molecule has 0 aliphatic heterocycles. The molecule has 1 aromatic carbocycles. The molecule has 0 fully saturated rings. The largest absolute Gasteiger partial charge is 0.407 e. The van der Waals surface area contributed by atoms with Crippen LogP contribution in [0.4, 0.5) is 11.7 Å². The van der Waals surface area contributed by atoms with E-state index in [1.165, 1.54) is 0 Å². The maximum Gasteiger partial charge on any atom is 0.320 e. The van der Waals surface area contributed by atoms with E-state index in [9.17, 15) is 0 Å². The molecular formula is C12H13Cl2N3O. The predicted molar refractivity (Wildman–Crippen MR) is 72.7 cm³/mol. The summed E-state index contributed by atoms with van der Waals surface area (Å²) in [6.45, 7) is 5.98. The second-order valence-corrected chi connectivity index (χ2v) is 5.70. The summed E-state index contributed by atoms with van der Waals surface area (Å²) in [5, 5.41) is 11.8. The highest BCUT2D eigenvalue weighted by Gasteiger charge is 2.21. The first kappa shape index (κ1) is 13.2. The van der Waals surface area contributed by atoms with Gasteiger partial charge in [-0.1, -0.05) is 55.1 Å². The maximum atomic E-state index is 6.04. The number of nitrogens with one attached hydrogen (secondary N) is 1. The summed E-state index contributed by atoms with van der Waals surface area (Å²) >= 11 is 12.1. The number of nitrogens with zero attached hydrogens (tertiary/aromatic N) is 2. The Labute approximate surface area is 115 Å². The minimum atomic E-state index is -0.197. The van der Waals surface area contributed by atoms with E-state index in [0.29, 0.717) is 21.6 Å². The second-order valence-electron chi connectivity index (χ2n) is 4.88. The fraction of sp³-hybridized carbons (Fsp3) is 0.333. The van der Waals surface area contributed by atoms with Gasteiger partial charge < -0.3 is 9.73 Å². The number of aromatic nitrogens is 2. The number of para-hydroxylation sites is 1. The van der Waals surface area contributed by atoms with Crippen LogP contribution in [0.2, 0.25) is 10.0 Å². The summed E-state index contributed by atoms with van der Waals surface area (Å²) in [5.74, 6) is 0.549. The highest BCUT2D eigenvalue weighted by molar-refractivity contribution is 6.39. The molecule has 1 aromatic heterocycles. The Morgan fingerprint density at radius 2 is 1.72 bits per heavy atom. The lowest BCUT2D eigenvalue weighted by Crippen LogP contribution is -2.11. The molecule has 0 aliphatic rings. The summed E-state index contributed by atoms with van der Waals surface area (Å²) in [5.41, 5.74) is 0.363. The third kappa shape index (κ3) is 2.76. The molecule has 18 heavy (non-hydrogen) atoms. The van der Waals surface area contributed by atoms with Gasteiger partial charge in [-0.15, -0.1) is 5.10 Å². The van der Waals surface area contributed by atoms with Crippen molar-refractivity contribution in [2.45, 2.75) is 26.2 Å². The van der Waals surface area contributed by atoms with Gasteiger partial charge in [-0.3, -0.25) is 0 Å². The monoisotopic (exact) mass is 285 g/mol. The summed E-state index contributed by atoms with van der Waals surface area (Å²) in [6, 6.07) is 5.51. The van der Waals surface area contributed by atoms with E-state index in [1.807, 2.05) is 20.8 Å². The zero-order chi connectivity index (χ0) is 13.3. The molecule has 96 valence electrons. The van der Waals surface area contributed by atoms with Gasteiger partial charge >= 0.3 is 6.01 Å². The molecule has 0 unspecified atom stereocenters. The average Bonchev–Trinajstić information content (AvgIpc) is 2.72. The van der Waals surface area contributed by atoms with Crippen molar-refractivity contribution in [1.29, 1.82) is 0 Å². The van der Waals surface area contributed by atoms with Crippen molar-refractivity contribution >= 4 is 34.9 Å². The zero-order valence-electron chi connectivity index (χ0n) is 10.3. The number of rotatable bonds is 2. The first-order chi connectivity index (χ1) is 8.38. The SMILES string of the molecule is CC(C)(C)c1nnc(Nc2c(Cl)cccc2Cl)o1. The Morgan fingerprint density at radius 3 is 2.22 bits per heavy atom. The first-order valence-corrected chi connectivity index (χ1v) is 6.18. The maximum absolute atomic E-state index is 6.04. The third-order valence-electron chi connectivity index (χ3n) is 2.26. The molecule has 0 aliphatic carbocycles. The van der Waals surface area contributed by atoms with Crippen molar-refractivity contribution < 1.29 is 4.42 Å². The molecule has 4 nitrogen and oxygen atoms in total. The van der Waals surface area contributed by atoms with Gasteiger partial charge in [-0.05, 0) is 12.1 Å². The third-order valence-corrected chi connectivity index (χ3v) is 2.89. The molecule has 6 heteroatoms. The minimum Gasteiger partial charge on any atom is -0.407 e. The number of hydrogen-bond acceptors (Lipinski definition) is 4. The van der Waals surface area contributed by atoms with Crippen molar-refractivity contribution in [3.8, 4) is 0 Å². The zero-order valence-corrected chi connectivity index (χ0v) is 11.8. The number of anilines is 2. The van der Waals surface area contributed by atoms with E-state index in [-0.39, 0.29) is 11.4 Å². The molecule has 1 heterocycles. The molecule has 2 rings (SSSR count). The van der Waals surface area contributed by atoms with Crippen LogP contribution in [-0.4, -0.2) is 10.2 Å². The Hall–Kier alpha value is -1.26. The van der Waals surface area contributed by atoms with Crippen molar-refractivity contribution in [3.05, 3.63) is 34.1 Å². The van der Waals surface area contributed by atoms with Crippen molar-refractivity contribution in [1.82, 2.24) is 10.2 Å². The van der Waals surface area contributed by atoms with Crippen molar-refractivity contribution in [2.24, 2.45) is 0 Å². The first-order valence-electron chi connectivity index (χ1n) is 5.43. The molecule has 0 spiro atoms. The molecule has 2 aromatic rings. The van der Waals surface area contributed by atoms with Gasteiger partial charge in [-0.2, -0.15) is 0 Å². The molecular weight excluding hydrogens is 273 g/mol. The molecule has 0 atom stereocenters. The standard InChI is InChI=1S/C12H13Cl2N3O/c1-12(2,3)10-16-17-11(18-10)15-9-7(13)5-4-6-8(9)14/h4-6H,1-3H3,(H,15,17). The molecule has 0 saturated heterocycles. The molecule has 0 amide bonds. The van der Waals surface area contributed by atoms with Crippen molar-refractivity contribution in [2.75, 3.05) is 5.32 Å². The smallest absolute Gasteiger partial charge is 0.320 e. The molecule has 1 N–H and O–H groups in total. The van der Waals surface area contributed by atoms with Crippen LogP contribution in [0, 0.1) is 0 Å². The quantitative estimate of drug-likeness (QED) is 0.888. The van der Waals surface area contributed by atoms with E-state index >= 15 is 0 Å². The van der Waals surface area contributed by atoms with Gasteiger partial charge in [0.25, 0.3) is 0 Å². The van der Waals surface area contributed by atoms with Crippen LogP contribution >= 0.6 is 23.2 Å². The fourth-order valence-corrected chi connectivity index (χ4v) is 1.79. The highest BCUT2D eigenvalue weighted by atomic mass is 35.5. The van der Waals surface area contributed by atoms with E-state index in [0.717, 1.165) is 0 Å². The van der Waals surface area contributed by atoms with Crippen LogP contribution in [-0.2, 0) is 5.41 Å². The van der Waals surface area contributed by atoms with E-state index in [1.54, 1.807) is 18.2 Å². The Kier molecular flexibility index (Phi) is 3.50. The Bertz CT molecular complexity index is 540. The minimum absolute atomic E-state index is 0.197. The van der Waals surface area contributed by atoms with E-state index < -0.39 is 0 Å². The number of benzene rings is 1. The van der Waals surface area contributed by atoms with Gasteiger partial charge in [0.15, 0.2) is 0 Å².